The maximum atomic E-state index is 12.0. The number of hydrogen-bond donors (Lipinski definition) is 2. The van der Waals surface area contributed by atoms with Gasteiger partial charge in [-0.1, -0.05) is 11.6 Å². The van der Waals surface area contributed by atoms with Crippen molar-refractivity contribution < 1.29 is 14.7 Å². The van der Waals surface area contributed by atoms with Gasteiger partial charge >= 0.3 is 5.97 Å². The van der Waals surface area contributed by atoms with E-state index in [1.54, 1.807) is 25.2 Å². The molecule has 0 spiro atoms. The average Bonchev–Trinajstić information content (AvgIpc) is 3.02. The summed E-state index contributed by atoms with van der Waals surface area (Å²) in [5.74, 6) is -1.38. The van der Waals surface area contributed by atoms with Gasteiger partial charge in [0.15, 0.2) is 0 Å². The van der Waals surface area contributed by atoms with E-state index in [1.807, 2.05) is 0 Å². The highest BCUT2D eigenvalue weighted by molar-refractivity contribution is 6.33. The molecule has 0 saturated heterocycles. The molecule has 1 aromatic heterocycles. The summed E-state index contributed by atoms with van der Waals surface area (Å²) >= 11 is 6.07. The predicted molar refractivity (Wildman–Crippen MR) is 89.8 cm³/mol. The second kappa shape index (κ2) is 8.57. The van der Waals surface area contributed by atoms with Crippen molar-refractivity contribution in [1.29, 1.82) is 0 Å². The van der Waals surface area contributed by atoms with Crippen LogP contribution in [0.5, 0.6) is 0 Å². The Morgan fingerprint density at radius 2 is 2.17 bits per heavy atom. The van der Waals surface area contributed by atoms with Crippen LogP contribution in [0.3, 0.4) is 0 Å². The smallest absolute Gasteiger partial charge is 0.320 e. The summed E-state index contributed by atoms with van der Waals surface area (Å²) in [4.78, 5) is 24.4. The van der Waals surface area contributed by atoms with Gasteiger partial charge in [0.2, 0.25) is 5.91 Å². The summed E-state index contributed by atoms with van der Waals surface area (Å²) in [6, 6.07) is 4.16. The van der Waals surface area contributed by atoms with Crippen LogP contribution in [0.25, 0.3) is 5.69 Å². The zero-order chi connectivity index (χ0) is 17.0. The largest absolute Gasteiger partial charge is 0.480 e. The first-order chi connectivity index (χ1) is 10.9. The molecule has 0 fully saturated rings. The van der Waals surface area contributed by atoms with Crippen LogP contribution in [0.2, 0.25) is 5.02 Å². The van der Waals surface area contributed by atoms with Crippen LogP contribution in [-0.2, 0) is 9.59 Å². The first-order valence-electron chi connectivity index (χ1n) is 6.64. The van der Waals surface area contributed by atoms with Gasteiger partial charge in [0.25, 0.3) is 0 Å². The minimum Gasteiger partial charge on any atom is -0.480 e. The molecule has 0 aliphatic rings. The van der Waals surface area contributed by atoms with E-state index < -0.39 is 12.0 Å². The first kappa shape index (κ1) is 19.8. The fourth-order valence-electron chi connectivity index (χ4n) is 1.77. The number of amides is 1. The van der Waals surface area contributed by atoms with Crippen LogP contribution in [0, 0.1) is 0 Å². The maximum Gasteiger partial charge on any atom is 0.320 e. The van der Waals surface area contributed by atoms with E-state index in [4.69, 9.17) is 16.7 Å². The Hall–Kier alpha value is -2.23. The highest BCUT2D eigenvalue weighted by atomic mass is 35.5. The molecule has 1 atom stereocenters. The molecule has 1 amide bonds. The number of nitrogens with zero attached hydrogens (tertiary/aromatic N) is 5. The molecule has 0 bridgehead atoms. The lowest BCUT2D eigenvalue weighted by Gasteiger charge is -2.20. The third kappa shape index (κ3) is 4.88. The number of carboxylic acids is 1. The molecule has 2 aromatic rings. The van der Waals surface area contributed by atoms with Gasteiger partial charge in [-0.3, -0.25) is 14.5 Å². The molecular weight excluding hydrogens is 359 g/mol. The molecule has 1 unspecified atom stereocenters. The van der Waals surface area contributed by atoms with Gasteiger partial charge < -0.3 is 10.4 Å². The van der Waals surface area contributed by atoms with Crippen LogP contribution >= 0.6 is 24.0 Å². The van der Waals surface area contributed by atoms with Crippen molar-refractivity contribution in [1.82, 2.24) is 25.1 Å². The van der Waals surface area contributed by atoms with Crippen LogP contribution < -0.4 is 5.32 Å². The highest BCUT2D eigenvalue weighted by Crippen LogP contribution is 2.24. The van der Waals surface area contributed by atoms with Crippen molar-refractivity contribution in [2.75, 3.05) is 18.9 Å². The normalized spacial score (nSPS) is 11.7. The van der Waals surface area contributed by atoms with Crippen LogP contribution in [0.4, 0.5) is 5.69 Å². The molecule has 0 aliphatic carbocycles. The van der Waals surface area contributed by atoms with Crippen LogP contribution in [-0.4, -0.2) is 61.7 Å². The second-order valence-electron chi connectivity index (χ2n) is 4.90. The summed E-state index contributed by atoms with van der Waals surface area (Å²) in [5, 5.41) is 22.8. The van der Waals surface area contributed by atoms with Crippen LogP contribution in [0.1, 0.15) is 6.92 Å². The summed E-state index contributed by atoms with van der Waals surface area (Å²) in [6.45, 7) is 1.42. The topological polar surface area (TPSA) is 113 Å². The molecule has 24 heavy (non-hydrogen) atoms. The quantitative estimate of drug-likeness (QED) is 0.777. The van der Waals surface area contributed by atoms with E-state index in [9.17, 15) is 9.59 Å². The van der Waals surface area contributed by atoms with E-state index in [1.165, 1.54) is 22.8 Å². The summed E-state index contributed by atoms with van der Waals surface area (Å²) < 4.78 is 1.42. The number of nitrogens with one attached hydrogen (secondary N) is 1. The molecule has 130 valence electrons. The number of hydrogen-bond acceptors (Lipinski definition) is 6. The van der Waals surface area contributed by atoms with Crippen molar-refractivity contribution in [2.45, 2.75) is 13.0 Å². The molecule has 1 heterocycles. The van der Waals surface area contributed by atoms with Gasteiger partial charge in [-0.15, -0.1) is 17.5 Å². The van der Waals surface area contributed by atoms with Crippen molar-refractivity contribution in [3.05, 3.63) is 29.5 Å². The number of aromatic nitrogens is 4. The van der Waals surface area contributed by atoms with E-state index in [0.29, 0.717) is 16.4 Å². The molecule has 9 nitrogen and oxygen atoms in total. The lowest BCUT2D eigenvalue weighted by Crippen LogP contribution is -2.40. The third-order valence-corrected chi connectivity index (χ3v) is 3.58. The van der Waals surface area contributed by atoms with Crippen molar-refractivity contribution >= 4 is 41.6 Å². The van der Waals surface area contributed by atoms with Crippen molar-refractivity contribution in [3.8, 4) is 5.69 Å². The number of rotatable bonds is 6. The van der Waals surface area contributed by atoms with Gasteiger partial charge in [0.05, 0.1) is 22.9 Å². The van der Waals surface area contributed by atoms with Crippen LogP contribution in [0.15, 0.2) is 24.5 Å². The second-order valence-corrected chi connectivity index (χ2v) is 5.30. The van der Waals surface area contributed by atoms with E-state index in [2.05, 4.69) is 20.8 Å². The highest BCUT2D eigenvalue weighted by Gasteiger charge is 2.19. The number of tetrazole rings is 1. The molecule has 2 rings (SSSR count). The lowest BCUT2D eigenvalue weighted by atomic mass is 10.2. The Kier molecular flexibility index (Phi) is 7.08. The molecule has 0 saturated carbocycles. The Balaban J connectivity index is 0.00000288. The zero-order valence-corrected chi connectivity index (χ0v) is 14.5. The number of anilines is 1. The van der Waals surface area contributed by atoms with Gasteiger partial charge in [-0.25, -0.2) is 4.68 Å². The Morgan fingerprint density at radius 1 is 1.46 bits per heavy atom. The molecule has 2 N–H and O–H groups in total. The van der Waals surface area contributed by atoms with E-state index >= 15 is 0 Å². The lowest BCUT2D eigenvalue weighted by molar-refractivity contribution is -0.142. The number of carbonyl (C=O) groups is 2. The molecule has 11 heteroatoms. The van der Waals surface area contributed by atoms with E-state index in [0.717, 1.165) is 0 Å². The summed E-state index contributed by atoms with van der Waals surface area (Å²) in [6.07, 6.45) is 1.41. The Morgan fingerprint density at radius 3 is 2.75 bits per heavy atom. The summed E-state index contributed by atoms with van der Waals surface area (Å²) in [7, 11) is 1.55. The number of aliphatic carboxylic acids is 1. The van der Waals surface area contributed by atoms with Gasteiger partial charge in [-0.05, 0) is 42.6 Å². The number of carbonyl (C=O) groups excluding carboxylic acids is 1. The minimum absolute atomic E-state index is 0. The third-order valence-electron chi connectivity index (χ3n) is 3.25. The Bertz CT molecular complexity index is 710. The zero-order valence-electron chi connectivity index (χ0n) is 12.9. The first-order valence-corrected chi connectivity index (χ1v) is 7.02. The van der Waals surface area contributed by atoms with Gasteiger partial charge in [-0.2, -0.15) is 0 Å². The number of halogens is 2. The molecular formula is C13H16Cl2N6O3. The molecule has 0 aliphatic heterocycles. The van der Waals surface area contributed by atoms with Crippen molar-refractivity contribution in [3.63, 3.8) is 0 Å². The number of likely N-dealkylation sites (N-methyl/N-ethyl adjacent to an activating group) is 1. The minimum atomic E-state index is -1.00. The fraction of sp³-hybridized carbons (Fsp3) is 0.308. The molecule has 1 aromatic carbocycles. The fourth-order valence-corrected chi connectivity index (χ4v) is 1.94. The number of benzene rings is 1. The predicted octanol–water partition coefficient (Wildman–Crippen LogP) is 1.08. The number of carboxylic acid groups (broad SMARTS) is 1. The summed E-state index contributed by atoms with van der Waals surface area (Å²) in [5.41, 5.74) is 1.02. The van der Waals surface area contributed by atoms with Crippen molar-refractivity contribution in [2.24, 2.45) is 0 Å². The van der Waals surface area contributed by atoms with E-state index in [-0.39, 0.29) is 24.9 Å². The van der Waals surface area contributed by atoms with Gasteiger partial charge in [0, 0.05) is 0 Å². The SMILES string of the molecule is CC(C(=O)O)N(C)CC(=O)Nc1cc(-n2cnnn2)ccc1Cl.Cl. The maximum absolute atomic E-state index is 12.0. The van der Waals surface area contributed by atoms with Gasteiger partial charge in [0.1, 0.15) is 12.4 Å². The average molecular weight is 375 g/mol. The monoisotopic (exact) mass is 374 g/mol. The Labute approximate surface area is 149 Å². The molecule has 0 radical (unpaired) electrons. The standard InChI is InChI=1S/C13H15ClN6O3.ClH/c1-8(13(22)23)19(2)6-12(21)16-11-5-9(3-4-10(11)14)20-7-15-17-18-20;/h3-5,7-8H,6H2,1-2H3,(H,16,21)(H,22,23);1H.